The van der Waals surface area contributed by atoms with Crippen LogP contribution in [0.4, 0.5) is 0 Å². The van der Waals surface area contributed by atoms with Gasteiger partial charge in [0.1, 0.15) is 0 Å². The lowest BCUT2D eigenvalue weighted by Gasteiger charge is -2.15. The second-order valence-corrected chi connectivity index (χ2v) is 4.49. The minimum Gasteiger partial charge on any atom is -0.481 e. The van der Waals surface area contributed by atoms with Crippen molar-refractivity contribution in [3.63, 3.8) is 0 Å². The van der Waals surface area contributed by atoms with E-state index < -0.39 is 5.97 Å². The van der Waals surface area contributed by atoms with Crippen LogP contribution >= 0.6 is 11.6 Å². The summed E-state index contributed by atoms with van der Waals surface area (Å²) in [7, 11) is 0. The van der Waals surface area contributed by atoms with Crippen LogP contribution in [0.1, 0.15) is 35.7 Å². The molecular weight excluding hydrogens is 254 g/mol. The number of nitrogens with one attached hydrogen (secondary N) is 1. The number of carboxylic acids is 1. The average molecular weight is 270 g/mol. The van der Waals surface area contributed by atoms with E-state index in [1.165, 1.54) is 0 Å². The van der Waals surface area contributed by atoms with Crippen LogP contribution in [0.5, 0.6) is 0 Å². The number of carbonyl (C=O) groups excluding carboxylic acids is 1. The summed E-state index contributed by atoms with van der Waals surface area (Å²) in [6.45, 7) is 3.64. The SMILES string of the molecule is CCC(CC(=O)O)NC(=O)c1cccc(C)c1Cl. The topological polar surface area (TPSA) is 66.4 Å². The summed E-state index contributed by atoms with van der Waals surface area (Å²) in [5.41, 5.74) is 1.19. The standard InChI is InChI=1S/C13H16ClNO3/c1-3-9(7-11(16)17)15-13(18)10-6-4-5-8(2)12(10)14/h4-6,9H,3,7H2,1-2H3,(H,15,18)(H,16,17). The molecular formula is C13H16ClNO3. The molecule has 0 bridgehead atoms. The van der Waals surface area contributed by atoms with E-state index in [1.54, 1.807) is 12.1 Å². The summed E-state index contributed by atoms with van der Waals surface area (Å²) < 4.78 is 0. The zero-order valence-corrected chi connectivity index (χ0v) is 11.1. The minimum atomic E-state index is -0.933. The van der Waals surface area contributed by atoms with Crippen molar-refractivity contribution in [3.8, 4) is 0 Å². The highest BCUT2D eigenvalue weighted by atomic mass is 35.5. The second-order valence-electron chi connectivity index (χ2n) is 4.11. The van der Waals surface area contributed by atoms with Crippen LogP contribution < -0.4 is 5.32 Å². The van der Waals surface area contributed by atoms with Crippen molar-refractivity contribution in [2.24, 2.45) is 0 Å². The van der Waals surface area contributed by atoms with Crippen LogP contribution in [0.3, 0.4) is 0 Å². The number of hydrogen-bond donors (Lipinski definition) is 2. The highest BCUT2D eigenvalue weighted by Gasteiger charge is 2.17. The Bertz CT molecular complexity index is 460. The number of rotatable bonds is 5. The first kappa shape index (κ1) is 14.5. The zero-order chi connectivity index (χ0) is 13.7. The molecule has 1 amide bonds. The van der Waals surface area contributed by atoms with E-state index in [2.05, 4.69) is 5.32 Å². The zero-order valence-electron chi connectivity index (χ0n) is 10.4. The molecule has 1 rings (SSSR count). The molecule has 1 aromatic rings. The third kappa shape index (κ3) is 3.74. The van der Waals surface area contributed by atoms with Gasteiger partial charge in [-0.1, -0.05) is 30.7 Å². The lowest BCUT2D eigenvalue weighted by Crippen LogP contribution is -2.36. The van der Waals surface area contributed by atoms with E-state index >= 15 is 0 Å². The lowest BCUT2D eigenvalue weighted by atomic mass is 10.1. The van der Waals surface area contributed by atoms with Gasteiger partial charge in [0.25, 0.3) is 5.91 Å². The Hall–Kier alpha value is -1.55. The van der Waals surface area contributed by atoms with Crippen LogP contribution in [0.15, 0.2) is 18.2 Å². The Kier molecular flexibility index (Phi) is 5.16. The third-order valence-electron chi connectivity index (χ3n) is 2.69. The minimum absolute atomic E-state index is 0.0916. The number of aliphatic carboxylic acids is 1. The number of carbonyl (C=O) groups is 2. The highest BCUT2D eigenvalue weighted by Crippen LogP contribution is 2.20. The fraction of sp³-hybridized carbons (Fsp3) is 0.385. The highest BCUT2D eigenvalue weighted by molar-refractivity contribution is 6.34. The molecule has 0 saturated heterocycles. The molecule has 2 N–H and O–H groups in total. The summed E-state index contributed by atoms with van der Waals surface area (Å²) in [6.07, 6.45) is 0.465. The molecule has 0 spiro atoms. The number of aryl methyl sites for hydroxylation is 1. The van der Waals surface area contributed by atoms with Crippen LogP contribution in [-0.2, 0) is 4.79 Å². The van der Waals surface area contributed by atoms with Gasteiger partial charge in [-0.25, -0.2) is 0 Å². The van der Waals surface area contributed by atoms with Gasteiger partial charge in [0.2, 0.25) is 0 Å². The fourth-order valence-electron chi connectivity index (χ4n) is 1.59. The number of hydrogen-bond acceptors (Lipinski definition) is 2. The van der Waals surface area contributed by atoms with E-state index in [0.29, 0.717) is 17.0 Å². The molecule has 5 heteroatoms. The Morgan fingerprint density at radius 3 is 2.67 bits per heavy atom. The largest absolute Gasteiger partial charge is 0.481 e. The molecule has 98 valence electrons. The van der Waals surface area contributed by atoms with Crippen LogP contribution in [0.2, 0.25) is 5.02 Å². The monoisotopic (exact) mass is 269 g/mol. The van der Waals surface area contributed by atoms with Gasteiger partial charge in [0.05, 0.1) is 17.0 Å². The van der Waals surface area contributed by atoms with Crippen molar-refractivity contribution < 1.29 is 14.7 Å². The van der Waals surface area contributed by atoms with Crippen molar-refractivity contribution in [2.75, 3.05) is 0 Å². The number of benzene rings is 1. The predicted octanol–water partition coefficient (Wildman–Crippen LogP) is 2.63. The molecule has 0 aliphatic rings. The molecule has 0 aliphatic carbocycles. The summed E-state index contributed by atoms with van der Waals surface area (Å²) in [4.78, 5) is 22.6. The van der Waals surface area contributed by atoms with E-state index in [9.17, 15) is 9.59 Å². The van der Waals surface area contributed by atoms with Gasteiger partial charge < -0.3 is 10.4 Å². The number of halogens is 1. The number of amides is 1. The maximum absolute atomic E-state index is 12.0. The predicted molar refractivity (Wildman–Crippen MR) is 70.0 cm³/mol. The molecule has 0 fully saturated rings. The van der Waals surface area contributed by atoms with Gasteiger partial charge in [0.15, 0.2) is 0 Å². The van der Waals surface area contributed by atoms with Crippen molar-refractivity contribution in [1.29, 1.82) is 0 Å². The third-order valence-corrected chi connectivity index (χ3v) is 3.19. The average Bonchev–Trinajstić information content (AvgIpc) is 2.31. The molecule has 0 aromatic heterocycles. The summed E-state index contributed by atoms with van der Waals surface area (Å²) in [6, 6.07) is 4.80. The first-order valence-electron chi connectivity index (χ1n) is 5.73. The molecule has 1 unspecified atom stereocenters. The molecule has 0 aliphatic heterocycles. The summed E-state index contributed by atoms with van der Waals surface area (Å²) in [5, 5.41) is 11.8. The van der Waals surface area contributed by atoms with Gasteiger partial charge in [0, 0.05) is 6.04 Å². The maximum atomic E-state index is 12.0. The molecule has 0 saturated carbocycles. The second kappa shape index (κ2) is 6.40. The van der Waals surface area contributed by atoms with Gasteiger partial charge in [-0.2, -0.15) is 0 Å². The van der Waals surface area contributed by atoms with Gasteiger partial charge in [-0.3, -0.25) is 9.59 Å². The van der Waals surface area contributed by atoms with E-state index in [4.69, 9.17) is 16.7 Å². The first-order valence-corrected chi connectivity index (χ1v) is 6.11. The summed E-state index contributed by atoms with van der Waals surface area (Å²) >= 11 is 6.04. The Morgan fingerprint density at radius 1 is 1.44 bits per heavy atom. The van der Waals surface area contributed by atoms with E-state index in [-0.39, 0.29) is 18.4 Å². The van der Waals surface area contributed by atoms with Gasteiger partial charge in [-0.05, 0) is 25.0 Å². The molecule has 0 heterocycles. The van der Waals surface area contributed by atoms with Gasteiger partial charge >= 0.3 is 5.97 Å². The smallest absolute Gasteiger partial charge is 0.305 e. The molecule has 0 radical (unpaired) electrons. The van der Waals surface area contributed by atoms with E-state index in [0.717, 1.165) is 5.56 Å². The Labute approximate surface area is 111 Å². The first-order chi connectivity index (χ1) is 8.45. The molecule has 18 heavy (non-hydrogen) atoms. The van der Waals surface area contributed by atoms with E-state index in [1.807, 2.05) is 19.9 Å². The van der Waals surface area contributed by atoms with Crippen LogP contribution in [0, 0.1) is 6.92 Å². The number of carboxylic acid groups (broad SMARTS) is 1. The Morgan fingerprint density at radius 2 is 2.11 bits per heavy atom. The quantitative estimate of drug-likeness (QED) is 0.863. The van der Waals surface area contributed by atoms with Gasteiger partial charge in [-0.15, -0.1) is 0 Å². The molecule has 4 nitrogen and oxygen atoms in total. The van der Waals surface area contributed by atoms with Crippen LogP contribution in [-0.4, -0.2) is 23.0 Å². The Balaban J connectivity index is 2.81. The lowest BCUT2D eigenvalue weighted by molar-refractivity contribution is -0.137. The van der Waals surface area contributed by atoms with Crippen molar-refractivity contribution in [1.82, 2.24) is 5.32 Å². The maximum Gasteiger partial charge on any atom is 0.305 e. The van der Waals surface area contributed by atoms with Crippen LogP contribution in [0.25, 0.3) is 0 Å². The molecule has 1 atom stereocenters. The summed E-state index contributed by atoms with van der Waals surface area (Å²) in [5.74, 6) is -1.27. The van der Waals surface area contributed by atoms with Crippen molar-refractivity contribution >= 4 is 23.5 Å². The van der Waals surface area contributed by atoms with Crippen molar-refractivity contribution in [3.05, 3.63) is 34.3 Å². The normalized spacial score (nSPS) is 11.9. The molecule has 1 aromatic carbocycles. The fourth-order valence-corrected chi connectivity index (χ4v) is 1.81. The van der Waals surface area contributed by atoms with Crippen molar-refractivity contribution in [2.45, 2.75) is 32.7 Å².